The highest BCUT2D eigenvalue weighted by atomic mass is 16.5. The molecular weight excluding hydrogens is 368 g/mol. The van der Waals surface area contributed by atoms with Crippen molar-refractivity contribution in [2.75, 3.05) is 14.2 Å². The van der Waals surface area contributed by atoms with E-state index in [1.807, 2.05) is 48.5 Å². The molecule has 0 aliphatic rings. The van der Waals surface area contributed by atoms with Gasteiger partial charge in [0.25, 0.3) is 5.91 Å². The Balaban J connectivity index is 1.64. The number of ether oxygens (including phenoxy) is 3. The molecule has 3 aromatic rings. The number of para-hydroxylation sites is 1. The Labute approximate surface area is 169 Å². The second-order valence-electron chi connectivity index (χ2n) is 6.10. The van der Waals surface area contributed by atoms with Crippen molar-refractivity contribution in [3.05, 3.63) is 89.5 Å². The summed E-state index contributed by atoms with van der Waals surface area (Å²) in [6.07, 6.45) is 1.58. The van der Waals surface area contributed by atoms with Gasteiger partial charge >= 0.3 is 0 Å². The lowest BCUT2D eigenvalue weighted by molar-refractivity contribution is 0.0955. The lowest BCUT2D eigenvalue weighted by Crippen LogP contribution is -2.17. The normalized spacial score (nSPS) is 10.6. The molecule has 0 saturated carbocycles. The molecule has 6 heteroatoms. The zero-order valence-electron chi connectivity index (χ0n) is 16.3. The highest BCUT2D eigenvalue weighted by Gasteiger charge is 2.06. The molecule has 0 bridgehead atoms. The Kier molecular flexibility index (Phi) is 6.84. The van der Waals surface area contributed by atoms with E-state index in [0.29, 0.717) is 17.9 Å². The zero-order valence-corrected chi connectivity index (χ0v) is 16.3. The van der Waals surface area contributed by atoms with Gasteiger partial charge in [0.2, 0.25) is 0 Å². The summed E-state index contributed by atoms with van der Waals surface area (Å²) in [7, 11) is 3.19. The Bertz CT molecular complexity index is 970. The summed E-state index contributed by atoms with van der Waals surface area (Å²) in [4.78, 5) is 12.2. The van der Waals surface area contributed by atoms with Crippen molar-refractivity contribution in [1.82, 2.24) is 5.43 Å². The van der Waals surface area contributed by atoms with E-state index in [1.165, 1.54) is 0 Å². The third-order valence-corrected chi connectivity index (χ3v) is 4.17. The van der Waals surface area contributed by atoms with Crippen molar-refractivity contribution in [2.45, 2.75) is 6.61 Å². The number of hydrogen-bond acceptors (Lipinski definition) is 5. The highest BCUT2D eigenvalue weighted by molar-refractivity contribution is 5.95. The Morgan fingerprint density at radius 2 is 1.69 bits per heavy atom. The van der Waals surface area contributed by atoms with Crippen LogP contribution < -0.4 is 19.6 Å². The van der Waals surface area contributed by atoms with Gasteiger partial charge in [-0.15, -0.1) is 0 Å². The van der Waals surface area contributed by atoms with Crippen LogP contribution in [0.3, 0.4) is 0 Å². The molecule has 1 N–H and O–H groups in total. The summed E-state index contributed by atoms with van der Waals surface area (Å²) in [5, 5.41) is 4.04. The maximum atomic E-state index is 12.2. The van der Waals surface area contributed by atoms with Gasteiger partial charge in [-0.1, -0.05) is 18.2 Å². The van der Waals surface area contributed by atoms with Gasteiger partial charge in [-0.25, -0.2) is 5.43 Å². The molecule has 0 aliphatic heterocycles. The van der Waals surface area contributed by atoms with Crippen molar-refractivity contribution in [2.24, 2.45) is 5.10 Å². The van der Waals surface area contributed by atoms with Crippen LogP contribution in [0.25, 0.3) is 0 Å². The maximum Gasteiger partial charge on any atom is 0.271 e. The SMILES string of the molecule is COc1ccc(C(=O)NN=Cc2ccc(OC)c(COc3ccccc3)c2)cc1. The Hall–Kier alpha value is -3.80. The molecule has 0 radical (unpaired) electrons. The van der Waals surface area contributed by atoms with Gasteiger partial charge in [0.15, 0.2) is 0 Å². The van der Waals surface area contributed by atoms with E-state index in [1.54, 1.807) is 44.7 Å². The van der Waals surface area contributed by atoms with Crippen molar-refractivity contribution < 1.29 is 19.0 Å². The Morgan fingerprint density at radius 3 is 2.38 bits per heavy atom. The summed E-state index contributed by atoms with van der Waals surface area (Å²) in [5.74, 6) is 1.89. The number of carbonyl (C=O) groups excluding carboxylic acids is 1. The first-order valence-electron chi connectivity index (χ1n) is 9.02. The third-order valence-electron chi connectivity index (χ3n) is 4.17. The number of benzene rings is 3. The van der Waals surface area contributed by atoms with Gasteiger partial charge < -0.3 is 14.2 Å². The molecule has 0 fully saturated rings. The first-order chi connectivity index (χ1) is 14.2. The van der Waals surface area contributed by atoms with Gasteiger partial charge in [0.05, 0.1) is 20.4 Å². The van der Waals surface area contributed by atoms with Crippen LogP contribution in [0, 0.1) is 0 Å². The van der Waals surface area contributed by atoms with Gasteiger partial charge in [0, 0.05) is 11.1 Å². The lowest BCUT2D eigenvalue weighted by atomic mass is 10.1. The monoisotopic (exact) mass is 390 g/mol. The molecule has 0 atom stereocenters. The predicted molar refractivity (Wildman–Crippen MR) is 112 cm³/mol. The van der Waals surface area contributed by atoms with E-state index >= 15 is 0 Å². The molecule has 1 amide bonds. The van der Waals surface area contributed by atoms with E-state index in [-0.39, 0.29) is 5.91 Å². The number of nitrogens with one attached hydrogen (secondary N) is 1. The second-order valence-corrected chi connectivity index (χ2v) is 6.10. The molecular formula is C23H22N2O4. The average Bonchev–Trinajstić information content (AvgIpc) is 2.78. The zero-order chi connectivity index (χ0) is 20.5. The molecule has 6 nitrogen and oxygen atoms in total. The number of rotatable bonds is 8. The first kappa shape index (κ1) is 19.9. The second kappa shape index (κ2) is 9.94. The highest BCUT2D eigenvalue weighted by Crippen LogP contribution is 2.21. The standard InChI is InChI=1S/C23H22N2O4/c1-27-20-11-9-18(10-12-20)23(26)25-24-15-17-8-13-22(28-2)19(14-17)16-29-21-6-4-3-5-7-21/h3-15H,16H2,1-2H3,(H,25,26). The van der Waals surface area contributed by atoms with Crippen LogP contribution in [0.1, 0.15) is 21.5 Å². The minimum absolute atomic E-state index is 0.301. The molecule has 0 unspecified atom stereocenters. The van der Waals surface area contributed by atoms with Gasteiger partial charge in [-0.05, 0) is 60.2 Å². The minimum Gasteiger partial charge on any atom is -0.497 e. The molecule has 0 spiro atoms. The topological polar surface area (TPSA) is 69.2 Å². The van der Waals surface area contributed by atoms with E-state index in [2.05, 4.69) is 10.5 Å². The van der Waals surface area contributed by atoms with E-state index < -0.39 is 0 Å². The van der Waals surface area contributed by atoms with Gasteiger partial charge in [0.1, 0.15) is 23.9 Å². The number of methoxy groups -OCH3 is 2. The van der Waals surface area contributed by atoms with Crippen LogP contribution in [0.5, 0.6) is 17.2 Å². The molecule has 3 aromatic carbocycles. The molecule has 148 valence electrons. The van der Waals surface area contributed by atoms with Crippen LogP contribution in [0.2, 0.25) is 0 Å². The van der Waals surface area contributed by atoms with Crippen molar-refractivity contribution in [3.8, 4) is 17.2 Å². The molecule has 0 aliphatic carbocycles. The van der Waals surface area contributed by atoms with Crippen molar-refractivity contribution in [1.29, 1.82) is 0 Å². The summed E-state index contributed by atoms with van der Waals surface area (Å²) >= 11 is 0. The Morgan fingerprint density at radius 1 is 0.931 bits per heavy atom. The molecule has 0 saturated heterocycles. The largest absolute Gasteiger partial charge is 0.497 e. The number of carbonyl (C=O) groups is 1. The fourth-order valence-corrected chi connectivity index (χ4v) is 2.64. The summed E-state index contributed by atoms with van der Waals surface area (Å²) < 4.78 is 16.3. The molecule has 0 aromatic heterocycles. The van der Waals surface area contributed by atoms with Crippen LogP contribution in [0.15, 0.2) is 77.9 Å². The van der Waals surface area contributed by atoms with Crippen LogP contribution >= 0.6 is 0 Å². The van der Waals surface area contributed by atoms with Crippen LogP contribution in [-0.4, -0.2) is 26.3 Å². The quantitative estimate of drug-likeness (QED) is 0.465. The van der Waals surface area contributed by atoms with E-state index in [0.717, 1.165) is 22.6 Å². The summed E-state index contributed by atoms with van der Waals surface area (Å²) in [6.45, 7) is 0.354. The van der Waals surface area contributed by atoms with Crippen molar-refractivity contribution >= 4 is 12.1 Å². The molecule has 29 heavy (non-hydrogen) atoms. The van der Waals surface area contributed by atoms with Gasteiger partial charge in [-0.2, -0.15) is 5.10 Å². The number of nitrogens with zero attached hydrogens (tertiary/aromatic N) is 1. The smallest absolute Gasteiger partial charge is 0.271 e. The predicted octanol–water partition coefficient (Wildman–Crippen LogP) is 4.05. The van der Waals surface area contributed by atoms with E-state index in [4.69, 9.17) is 14.2 Å². The number of hydrazone groups is 1. The average molecular weight is 390 g/mol. The maximum absolute atomic E-state index is 12.2. The lowest BCUT2D eigenvalue weighted by Gasteiger charge is -2.11. The number of hydrogen-bond donors (Lipinski definition) is 1. The van der Waals surface area contributed by atoms with Crippen LogP contribution in [-0.2, 0) is 6.61 Å². The van der Waals surface area contributed by atoms with Crippen molar-refractivity contribution in [3.63, 3.8) is 0 Å². The number of amides is 1. The fourth-order valence-electron chi connectivity index (χ4n) is 2.64. The third kappa shape index (κ3) is 5.59. The van der Waals surface area contributed by atoms with Gasteiger partial charge in [-0.3, -0.25) is 4.79 Å². The molecule has 3 rings (SSSR count). The van der Waals surface area contributed by atoms with Crippen LogP contribution in [0.4, 0.5) is 0 Å². The summed E-state index contributed by atoms with van der Waals surface area (Å²) in [6, 6.07) is 22.0. The summed E-state index contributed by atoms with van der Waals surface area (Å²) in [5.41, 5.74) is 4.70. The first-order valence-corrected chi connectivity index (χ1v) is 9.02. The molecule has 0 heterocycles. The minimum atomic E-state index is -0.301. The fraction of sp³-hybridized carbons (Fsp3) is 0.130. The van der Waals surface area contributed by atoms with E-state index in [9.17, 15) is 4.79 Å².